The number of ether oxygens (including phenoxy) is 1. The van der Waals surface area contributed by atoms with Crippen LogP contribution in [0.4, 0.5) is 4.39 Å². The van der Waals surface area contributed by atoms with Gasteiger partial charge in [0.25, 0.3) is 0 Å². The summed E-state index contributed by atoms with van der Waals surface area (Å²) in [6, 6.07) is 4.29. The number of phosphoric acid groups is 1. The van der Waals surface area contributed by atoms with Crippen LogP contribution in [0.3, 0.4) is 0 Å². The Hall–Kier alpha value is -0.690. The average molecular weight is 394 g/mol. The van der Waals surface area contributed by atoms with Crippen LogP contribution in [0.1, 0.15) is 32.1 Å². The lowest BCUT2D eigenvalue weighted by Gasteiger charge is -2.56. The summed E-state index contributed by atoms with van der Waals surface area (Å²) in [5.74, 6) is -0.152. The Morgan fingerprint density at radius 1 is 1.36 bits per heavy atom. The third kappa shape index (κ3) is 4.02. The van der Waals surface area contributed by atoms with Crippen molar-refractivity contribution in [1.29, 1.82) is 0 Å². The van der Waals surface area contributed by atoms with Gasteiger partial charge in [-0.15, -0.1) is 0 Å². The largest absolute Gasteiger partial charge is 0.493 e. The van der Waals surface area contributed by atoms with E-state index < -0.39 is 25.3 Å². The van der Waals surface area contributed by atoms with E-state index in [2.05, 4.69) is 5.32 Å². The fourth-order valence-electron chi connectivity index (χ4n) is 4.06. The first kappa shape index (κ1) is 19.1. The number of benzene rings is 1. The van der Waals surface area contributed by atoms with Crippen molar-refractivity contribution in [1.82, 2.24) is 5.32 Å². The Balaban J connectivity index is 1.73. The molecule has 0 radical (unpaired) electrons. The molecular weight excluding hydrogens is 372 g/mol. The molecule has 3 fully saturated rings. The molecule has 2 bridgehead atoms. The zero-order valence-electron chi connectivity index (χ0n) is 13.9. The number of likely N-dealkylation sites (N-methyl/N-ethyl adjacent to an activating group) is 1. The molecule has 9 heteroatoms. The van der Waals surface area contributed by atoms with E-state index in [4.69, 9.17) is 20.9 Å². The highest BCUT2D eigenvalue weighted by atomic mass is 35.5. The molecule has 0 aliphatic heterocycles. The van der Waals surface area contributed by atoms with E-state index in [0.29, 0.717) is 18.8 Å². The minimum Gasteiger partial charge on any atom is -0.493 e. The standard InChI is InChI=1S/C16H22ClFNO5P/c1-19-16-6-4-15(5-7-16,9-14(16)24-25(20,21)22)10-23-11-2-3-12(17)13(18)8-11/h2-3,8,14,19H,4-7,9-10H2,1H3,(H2,20,21,22). The van der Waals surface area contributed by atoms with E-state index in [0.717, 1.165) is 25.7 Å². The minimum absolute atomic E-state index is 0.0368. The highest BCUT2D eigenvalue weighted by Crippen LogP contribution is 2.56. The van der Waals surface area contributed by atoms with Crippen LogP contribution in [0.2, 0.25) is 5.02 Å². The summed E-state index contributed by atoms with van der Waals surface area (Å²) < 4.78 is 35.8. The summed E-state index contributed by atoms with van der Waals surface area (Å²) in [5.41, 5.74) is -0.663. The van der Waals surface area contributed by atoms with Crippen LogP contribution in [0.15, 0.2) is 18.2 Å². The monoisotopic (exact) mass is 393 g/mol. The van der Waals surface area contributed by atoms with Crippen molar-refractivity contribution in [3.8, 4) is 5.75 Å². The minimum atomic E-state index is -4.58. The Bertz CT molecular complexity index is 689. The average Bonchev–Trinajstić information content (AvgIpc) is 2.56. The third-order valence-electron chi connectivity index (χ3n) is 5.64. The van der Waals surface area contributed by atoms with Gasteiger partial charge in [-0.1, -0.05) is 11.6 Å². The molecule has 25 heavy (non-hydrogen) atoms. The number of hydrogen-bond donors (Lipinski definition) is 3. The molecule has 3 aliphatic carbocycles. The number of nitrogens with one attached hydrogen (secondary N) is 1. The zero-order valence-corrected chi connectivity index (χ0v) is 15.5. The van der Waals surface area contributed by atoms with Gasteiger partial charge in [-0.3, -0.25) is 4.52 Å². The van der Waals surface area contributed by atoms with E-state index in [1.165, 1.54) is 12.1 Å². The molecule has 3 saturated carbocycles. The van der Waals surface area contributed by atoms with Gasteiger partial charge in [0.05, 0.1) is 17.7 Å². The van der Waals surface area contributed by atoms with Gasteiger partial charge in [0.1, 0.15) is 11.6 Å². The molecule has 4 rings (SSSR count). The van der Waals surface area contributed by atoms with Crippen molar-refractivity contribution in [2.24, 2.45) is 5.41 Å². The molecule has 1 atom stereocenters. The summed E-state index contributed by atoms with van der Waals surface area (Å²) in [6.45, 7) is 0.342. The number of halogens is 2. The van der Waals surface area contributed by atoms with Gasteiger partial charge in [0.2, 0.25) is 0 Å². The fourth-order valence-corrected chi connectivity index (χ4v) is 4.79. The Labute approximate surface area is 150 Å². The second-order valence-corrected chi connectivity index (χ2v) is 8.66. The fraction of sp³-hybridized carbons (Fsp3) is 0.625. The molecule has 0 spiro atoms. The molecule has 3 N–H and O–H groups in total. The van der Waals surface area contributed by atoms with E-state index >= 15 is 0 Å². The van der Waals surface area contributed by atoms with Crippen LogP contribution in [-0.4, -0.2) is 35.1 Å². The number of phosphoric ester groups is 1. The maximum Gasteiger partial charge on any atom is 0.469 e. The molecular formula is C16H22ClFNO5P. The molecule has 1 aromatic carbocycles. The van der Waals surface area contributed by atoms with Gasteiger partial charge in [-0.2, -0.15) is 0 Å². The SMILES string of the molecule is CNC12CCC(COc3ccc(Cl)c(F)c3)(CC1)CC2OP(=O)(O)O. The smallest absolute Gasteiger partial charge is 0.469 e. The number of hydrogen-bond acceptors (Lipinski definition) is 4. The van der Waals surface area contributed by atoms with Crippen molar-refractivity contribution in [2.45, 2.75) is 43.7 Å². The van der Waals surface area contributed by atoms with Crippen LogP contribution in [0, 0.1) is 11.2 Å². The normalized spacial score (nSPS) is 32.0. The molecule has 0 amide bonds. The molecule has 0 aromatic heterocycles. The van der Waals surface area contributed by atoms with Crippen molar-refractivity contribution in [3.05, 3.63) is 29.0 Å². The first-order valence-electron chi connectivity index (χ1n) is 8.18. The van der Waals surface area contributed by atoms with Gasteiger partial charge in [0, 0.05) is 17.0 Å². The highest BCUT2D eigenvalue weighted by Gasteiger charge is 2.56. The summed E-state index contributed by atoms with van der Waals surface area (Å²) in [6.07, 6.45) is 3.08. The predicted octanol–water partition coefficient (Wildman–Crippen LogP) is 3.26. The first-order valence-corrected chi connectivity index (χ1v) is 10.1. The third-order valence-corrected chi connectivity index (χ3v) is 6.47. The van der Waals surface area contributed by atoms with Crippen molar-refractivity contribution < 1.29 is 28.0 Å². The maximum absolute atomic E-state index is 13.5. The Morgan fingerprint density at radius 2 is 2.04 bits per heavy atom. The predicted molar refractivity (Wildman–Crippen MR) is 91.1 cm³/mol. The number of fused-ring (bicyclic) bond motifs is 3. The lowest BCUT2D eigenvalue weighted by molar-refractivity contribution is -0.0924. The number of rotatable bonds is 6. The molecule has 3 aliphatic rings. The Kier molecular flexibility index (Phi) is 5.19. The summed E-state index contributed by atoms with van der Waals surface area (Å²) in [5, 5.41) is 3.25. The van der Waals surface area contributed by atoms with Crippen LogP contribution in [0.25, 0.3) is 0 Å². The van der Waals surface area contributed by atoms with Gasteiger partial charge < -0.3 is 19.8 Å². The topological polar surface area (TPSA) is 88.0 Å². The van der Waals surface area contributed by atoms with E-state index in [-0.39, 0.29) is 10.4 Å². The maximum atomic E-state index is 13.5. The second kappa shape index (κ2) is 6.80. The van der Waals surface area contributed by atoms with Crippen LogP contribution in [-0.2, 0) is 9.09 Å². The quantitative estimate of drug-likeness (QED) is 0.643. The summed E-state index contributed by atoms with van der Waals surface area (Å²) >= 11 is 5.67. The second-order valence-electron chi connectivity index (χ2n) is 7.06. The Morgan fingerprint density at radius 3 is 2.60 bits per heavy atom. The first-order chi connectivity index (χ1) is 11.7. The van der Waals surface area contributed by atoms with Crippen LogP contribution >= 0.6 is 19.4 Å². The molecule has 0 heterocycles. The zero-order chi connectivity index (χ0) is 18.3. The summed E-state index contributed by atoms with van der Waals surface area (Å²) in [7, 11) is -2.79. The van der Waals surface area contributed by atoms with Gasteiger partial charge in [-0.05, 0) is 51.3 Å². The lowest BCUT2D eigenvalue weighted by atomic mass is 9.56. The van der Waals surface area contributed by atoms with Crippen LogP contribution in [0.5, 0.6) is 5.75 Å². The molecule has 140 valence electrons. The van der Waals surface area contributed by atoms with Gasteiger partial charge in [-0.25, -0.2) is 8.96 Å². The molecule has 6 nitrogen and oxygen atoms in total. The van der Waals surface area contributed by atoms with Gasteiger partial charge >= 0.3 is 7.82 Å². The van der Waals surface area contributed by atoms with Crippen LogP contribution < -0.4 is 10.1 Å². The highest BCUT2D eigenvalue weighted by molar-refractivity contribution is 7.46. The molecule has 0 saturated heterocycles. The van der Waals surface area contributed by atoms with Crippen molar-refractivity contribution in [3.63, 3.8) is 0 Å². The van der Waals surface area contributed by atoms with E-state index in [1.807, 2.05) is 0 Å². The lowest BCUT2D eigenvalue weighted by Crippen LogP contribution is -2.63. The van der Waals surface area contributed by atoms with E-state index in [9.17, 15) is 18.7 Å². The van der Waals surface area contributed by atoms with Crippen molar-refractivity contribution >= 4 is 19.4 Å². The van der Waals surface area contributed by atoms with E-state index in [1.54, 1.807) is 13.1 Å². The van der Waals surface area contributed by atoms with Gasteiger partial charge in [0.15, 0.2) is 0 Å². The summed E-state index contributed by atoms with van der Waals surface area (Å²) in [4.78, 5) is 18.5. The molecule has 1 unspecified atom stereocenters. The van der Waals surface area contributed by atoms with Crippen molar-refractivity contribution in [2.75, 3.05) is 13.7 Å². The molecule has 1 aromatic rings.